The van der Waals surface area contributed by atoms with E-state index >= 15 is 0 Å². The Balaban J connectivity index is 2.47. The van der Waals surface area contributed by atoms with Crippen molar-refractivity contribution in [2.75, 3.05) is 27.3 Å². The predicted molar refractivity (Wildman–Crippen MR) is 64.4 cm³/mol. The number of benzene rings is 1. The van der Waals surface area contributed by atoms with E-state index in [2.05, 4.69) is 5.32 Å². The zero-order valence-corrected chi connectivity index (χ0v) is 10.3. The third-order valence-corrected chi connectivity index (χ3v) is 3.21. The highest BCUT2D eigenvalue weighted by atomic mass is 19.1. The number of halogens is 1. The summed E-state index contributed by atoms with van der Waals surface area (Å²) in [5, 5.41) is 3.09. The number of piperidine rings is 1. The van der Waals surface area contributed by atoms with Gasteiger partial charge in [0, 0.05) is 6.54 Å². The van der Waals surface area contributed by atoms with Crippen LogP contribution in [0.25, 0.3) is 0 Å². The fraction of sp³-hybridized carbons (Fsp3) is 0.538. The van der Waals surface area contributed by atoms with Gasteiger partial charge in [-0.15, -0.1) is 0 Å². The van der Waals surface area contributed by atoms with Crippen molar-refractivity contribution in [3.63, 3.8) is 0 Å². The van der Waals surface area contributed by atoms with E-state index in [1.807, 2.05) is 0 Å². The van der Waals surface area contributed by atoms with Crippen molar-refractivity contribution in [2.24, 2.45) is 0 Å². The molecule has 1 unspecified atom stereocenters. The molecule has 1 heterocycles. The zero-order valence-electron chi connectivity index (χ0n) is 10.3. The van der Waals surface area contributed by atoms with E-state index in [1.54, 1.807) is 32.4 Å². The van der Waals surface area contributed by atoms with Gasteiger partial charge in [-0.1, -0.05) is 6.07 Å². The molecule has 1 aliphatic rings. The molecule has 1 atom stereocenters. The second-order valence-electron chi connectivity index (χ2n) is 4.28. The Morgan fingerprint density at radius 2 is 1.88 bits per heavy atom. The minimum absolute atomic E-state index is 0.309. The largest absolute Gasteiger partial charge is 0.496 e. The summed E-state index contributed by atoms with van der Waals surface area (Å²) < 4.78 is 25.5. The van der Waals surface area contributed by atoms with Crippen LogP contribution in [-0.2, 0) is 5.67 Å². The van der Waals surface area contributed by atoms with E-state index < -0.39 is 5.67 Å². The average molecular weight is 239 g/mol. The van der Waals surface area contributed by atoms with Crippen molar-refractivity contribution < 1.29 is 13.9 Å². The molecule has 0 spiro atoms. The van der Waals surface area contributed by atoms with Crippen LogP contribution in [0.1, 0.15) is 18.4 Å². The molecule has 1 N–H and O–H groups in total. The summed E-state index contributed by atoms with van der Waals surface area (Å²) in [6.07, 6.45) is 1.31. The standard InChI is InChI=1S/C13H18FNO2/c1-16-10-5-3-6-11(17-2)12(10)13(14)7-4-8-15-9-13/h3,5-6,15H,4,7-9H2,1-2H3. The topological polar surface area (TPSA) is 30.5 Å². The summed E-state index contributed by atoms with van der Waals surface area (Å²) in [6.45, 7) is 1.17. The summed E-state index contributed by atoms with van der Waals surface area (Å²) in [5.41, 5.74) is -0.881. The first kappa shape index (κ1) is 12.2. The van der Waals surface area contributed by atoms with Gasteiger partial charge in [0.05, 0.1) is 19.8 Å². The molecule has 0 radical (unpaired) electrons. The van der Waals surface area contributed by atoms with E-state index in [0.717, 1.165) is 13.0 Å². The van der Waals surface area contributed by atoms with Gasteiger partial charge in [-0.05, 0) is 31.5 Å². The summed E-state index contributed by atoms with van der Waals surface area (Å²) in [6, 6.07) is 5.35. The Morgan fingerprint density at radius 1 is 1.24 bits per heavy atom. The molecule has 1 aliphatic heterocycles. The Labute approximate surface area is 101 Å². The van der Waals surface area contributed by atoms with Crippen molar-refractivity contribution >= 4 is 0 Å². The number of ether oxygens (including phenoxy) is 2. The smallest absolute Gasteiger partial charge is 0.155 e. The van der Waals surface area contributed by atoms with Crippen molar-refractivity contribution in [1.29, 1.82) is 0 Å². The maximum atomic E-state index is 15.0. The first-order valence-electron chi connectivity index (χ1n) is 5.82. The van der Waals surface area contributed by atoms with Crippen molar-refractivity contribution in [1.82, 2.24) is 5.32 Å². The molecule has 4 heteroatoms. The number of rotatable bonds is 3. The highest BCUT2D eigenvalue weighted by molar-refractivity contribution is 5.49. The molecule has 0 bridgehead atoms. The van der Waals surface area contributed by atoms with Crippen LogP contribution in [0.5, 0.6) is 11.5 Å². The van der Waals surface area contributed by atoms with E-state index in [9.17, 15) is 4.39 Å². The normalized spacial score (nSPS) is 24.4. The molecule has 1 fully saturated rings. The lowest BCUT2D eigenvalue weighted by Gasteiger charge is -2.32. The number of hydrogen-bond donors (Lipinski definition) is 1. The lowest BCUT2D eigenvalue weighted by Crippen LogP contribution is -2.40. The van der Waals surface area contributed by atoms with Crippen molar-refractivity contribution in [2.45, 2.75) is 18.5 Å². The first-order chi connectivity index (χ1) is 8.21. The van der Waals surface area contributed by atoms with Crippen LogP contribution in [0.3, 0.4) is 0 Å². The van der Waals surface area contributed by atoms with Crippen LogP contribution >= 0.6 is 0 Å². The summed E-state index contributed by atoms with van der Waals surface area (Å²) in [7, 11) is 3.11. The van der Waals surface area contributed by atoms with Crippen LogP contribution < -0.4 is 14.8 Å². The van der Waals surface area contributed by atoms with Crippen LogP contribution in [0.4, 0.5) is 4.39 Å². The summed E-state index contributed by atoms with van der Waals surface area (Å²) in [4.78, 5) is 0. The zero-order chi connectivity index (χ0) is 12.3. The fourth-order valence-corrected chi connectivity index (χ4v) is 2.37. The molecule has 0 aliphatic carbocycles. The number of alkyl halides is 1. The van der Waals surface area contributed by atoms with Crippen molar-refractivity contribution in [3.05, 3.63) is 23.8 Å². The monoisotopic (exact) mass is 239 g/mol. The van der Waals surface area contributed by atoms with Gasteiger partial charge in [0.25, 0.3) is 0 Å². The highest BCUT2D eigenvalue weighted by Crippen LogP contribution is 2.43. The average Bonchev–Trinajstić information content (AvgIpc) is 2.38. The number of hydrogen-bond acceptors (Lipinski definition) is 3. The quantitative estimate of drug-likeness (QED) is 0.877. The molecule has 0 amide bonds. The van der Waals surface area contributed by atoms with Gasteiger partial charge in [-0.3, -0.25) is 0 Å². The van der Waals surface area contributed by atoms with Gasteiger partial charge in [-0.2, -0.15) is 0 Å². The van der Waals surface area contributed by atoms with Gasteiger partial charge >= 0.3 is 0 Å². The van der Waals surface area contributed by atoms with Crippen LogP contribution in [-0.4, -0.2) is 27.3 Å². The minimum Gasteiger partial charge on any atom is -0.496 e. The van der Waals surface area contributed by atoms with Gasteiger partial charge in [0.1, 0.15) is 11.5 Å². The fourth-order valence-electron chi connectivity index (χ4n) is 2.37. The maximum absolute atomic E-state index is 15.0. The third-order valence-electron chi connectivity index (χ3n) is 3.21. The molecule has 3 nitrogen and oxygen atoms in total. The second kappa shape index (κ2) is 4.92. The Kier molecular flexibility index (Phi) is 3.52. The lowest BCUT2D eigenvalue weighted by molar-refractivity contribution is 0.114. The van der Waals surface area contributed by atoms with Crippen molar-refractivity contribution in [3.8, 4) is 11.5 Å². The van der Waals surface area contributed by atoms with E-state index in [1.165, 1.54) is 0 Å². The SMILES string of the molecule is COc1cccc(OC)c1C1(F)CCCNC1. The Hall–Kier alpha value is -1.29. The lowest BCUT2D eigenvalue weighted by atomic mass is 9.87. The molecule has 0 aromatic heterocycles. The van der Waals surface area contributed by atoms with E-state index in [4.69, 9.17) is 9.47 Å². The predicted octanol–water partition coefficient (Wildman–Crippen LogP) is 2.25. The van der Waals surface area contributed by atoms with Crippen LogP contribution in [0.2, 0.25) is 0 Å². The van der Waals surface area contributed by atoms with E-state index in [-0.39, 0.29) is 0 Å². The second-order valence-corrected chi connectivity index (χ2v) is 4.28. The highest BCUT2D eigenvalue weighted by Gasteiger charge is 2.38. The van der Waals surface area contributed by atoms with Gasteiger partial charge in [-0.25, -0.2) is 4.39 Å². The molecule has 2 rings (SSSR count). The molecule has 0 saturated carbocycles. The van der Waals surface area contributed by atoms with Crippen LogP contribution in [0.15, 0.2) is 18.2 Å². The molecular formula is C13H18FNO2. The van der Waals surface area contributed by atoms with Crippen LogP contribution in [0, 0.1) is 0 Å². The Bertz CT molecular complexity index is 367. The third kappa shape index (κ3) is 2.22. The summed E-state index contributed by atoms with van der Waals surface area (Å²) >= 11 is 0. The Morgan fingerprint density at radius 3 is 2.35 bits per heavy atom. The number of methoxy groups -OCH3 is 2. The van der Waals surface area contributed by atoms with Gasteiger partial charge < -0.3 is 14.8 Å². The molecule has 1 aromatic rings. The molecule has 17 heavy (non-hydrogen) atoms. The maximum Gasteiger partial charge on any atom is 0.155 e. The van der Waals surface area contributed by atoms with Gasteiger partial charge in [0.15, 0.2) is 5.67 Å². The number of nitrogens with one attached hydrogen (secondary N) is 1. The summed E-state index contributed by atoms with van der Waals surface area (Å²) in [5.74, 6) is 1.10. The molecule has 1 saturated heterocycles. The van der Waals surface area contributed by atoms with Gasteiger partial charge in [0.2, 0.25) is 0 Å². The minimum atomic E-state index is -1.41. The molecular weight excluding hydrogens is 221 g/mol. The molecule has 1 aromatic carbocycles. The van der Waals surface area contributed by atoms with E-state index in [0.29, 0.717) is 30.0 Å². The molecule has 94 valence electrons. The first-order valence-corrected chi connectivity index (χ1v) is 5.82.